The molecule has 1 aliphatic carbocycles. The molecule has 1 heterocycles. The zero-order valence-electron chi connectivity index (χ0n) is 11.6. The van der Waals surface area contributed by atoms with Crippen molar-refractivity contribution in [2.75, 3.05) is 19.0 Å². The number of aromatic nitrogens is 3. The minimum absolute atomic E-state index is 0.582. The molecule has 1 N–H and O–H groups in total. The Bertz CT molecular complexity index is 553. The van der Waals surface area contributed by atoms with Gasteiger partial charge >= 0.3 is 0 Å². The van der Waals surface area contributed by atoms with Gasteiger partial charge in [-0.05, 0) is 25.0 Å². The van der Waals surface area contributed by atoms with E-state index >= 15 is 0 Å². The van der Waals surface area contributed by atoms with Gasteiger partial charge in [0.15, 0.2) is 5.82 Å². The molecule has 1 saturated carbocycles. The molecule has 0 saturated heterocycles. The second-order valence-corrected chi connectivity index (χ2v) is 5.47. The van der Waals surface area contributed by atoms with Gasteiger partial charge in [-0.25, -0.2) is 4.98 Å². The summed E-state index contributed by atoms with van der Waals surface area (Å²) in [5.41, 5.74) is 2.25. The maximum absolute atomic E-state index is 4.68. The Morgan fingerprint density at radius 1 is 1.21 bits per heavy atom. The van der Waals surface area contributed by atoms with Crippen LogP contribution in [0.2, 0.25) is 0 Å². The summed E-state index contributed by atoms with van der Waals surface area (Å²) in [5.74, 6) is 2.45. The van der Waals surface area contributed by atoms with Crippen LogP contribution >= 0.6 is 0 Å². The number of benzene rings is 1. The average Bonchev–Trinajstić information content (AvgIpc) is 3.09. The summed E-state index contributed by atoms with van der Waals surface area (Å²) in [6, 6.07) is 8.33. The molecular weight excluding hydrogens is 236 g/mol. The lowest BCUT2D eigenvalue weighted by atomic mass is 10.1. The standard InChI is InChI=1S/C15H20N4/c1-19(2)13-9-5-8-12(10-13)15-16-14(17-18-15)11-6-3-4-7-11/h5,8-11H,3-4,6-7H2,1-2H3,(H,16,17,18). The molecule has 0 atom stereocenters. The van der Waals surface area contributed by atoms with Crippen LogP contribution in [0.4, 0.5) is 5.69 Å². The Morgan fingerprint density at radius 2 is 2.00 bits per heavy atom. The highest BCUT2D eigenvalue weighted by molar-refractivity contribution is 5.62. The molecule has 0 aliphatic heterocycles. The summed E-state index contributed by atoms with van der Waals surface area (Å²) in [6.07, 6.45) is 5.12. The first-order valence-corrected chi connectivity index (χ1v) is 6.94. The highest BCUT2D eigenvalue weighted by atomic mass is 15.2. The highest BCUT2D eigenvalue weighted by Gasteiger charge is 2.20. The molecule has 4 nitrogen and oxygen atoms in total. The minimum Gasteiger partial charge on any atom is -0.378 e. The number of H-pyrrole nitrogens is 1. The quantitative estimate of drug-likeness (QED) is 0.917. The van der Waals surface area contributed by atoms with Gasteiger partial charge in [-0.2, -0.15) is 5.10 Å². The van der Waals surface area contributed by atoms with Crippen LogP contribution in [0.1, 0.15) is 37.4 Å². The van der Waals surface area contributed by atoms with E-state index in [1.165, 1.54) is 31.4 Å². The maximum atomic E-state index is 4.68. The van der Waals surface area contributed by atoms with E-state index in [4.69, 9.17) is 0 Å². The van der Waals surface area contributed by atoms with Gasteiger partial charge in [0.25, 0.3) is 0 Å². The van der Waals surface area contributed by atoms with Crippen LogP contribution in [0.15, 0.2) is 24.3 Å². The Morgan fingerprint density at radius 3 is 2.74 bits per heavy atom. The van der Waals surface area contributed by atoms with Gasteiger partial charge in [-0.3, -0.25) is 5.10 Å². The van der Waals surface area contributed by atoms with Gasteiger partial charge < -0.3 is 4.90 Å². The van der Waals surface area contributed by atoms with Gasteiger partial charge in [0.05, 0.1) is 0 Å². The molecule has 1 aliphatic rings. The summed E-state index contributed by atoms with van der Waals surface area (Å²) < 4.78 is 0. The van der Waals surface area contributed by atoms with E-state index in [2.05, 4.69) is 44.3 Å². The zero-order valence-corrected chi connectivity index (χ0v) is 11.6. The third-order valence-corrected chi connectivity index (χ3v) is 3.87. The predicted octanol–water partition coefficient (Wildman–Crippen LogP) is 3.20. The normalized spacial score (nSPS) is 15.9. The predicted molar refractivity (Wildman–Crippen MR) is 77.4 cm³/mol. The summed E-state index contributed by atoms with van der Waals surface area (Å²) in [4.78, 5) is 6.77. The molecule has 1 fully saturated rings. The molecule has 0 unspecified atom stereocenters. The fourth-order valence-electron chi connectivity index (χ4n) is 2.71. The van der Waals surface area contributed by atoms with Crippen LogP contribution in [-0.4, -0.2) is 29.3 Å². The number of hydrogen-bond acceptors (Lipinski definition) is 3. The molecule has 3 rings (SSSR count). The second-order valence-electron chi connectivity index (χ2n) is 5.47. The van der Waals surface area contributed by atoms with Gasteiger partial charge in [-0.1, -0.05) is 25.0 Å². The summed E-state index contributed by atoms with van der Waals surface area (Å²) in [7, 11) is 4.09. The zero-order chi connectivity index (χ0) is 13.2. The number of aromatic amines is 1. The summed E-state index contributed by atoms with van der Waals surface area (Å²) in [6.45, 7) is 0. The van der Waals surface area contributed by atoms with Crippen molar-refractivity contribution in [3.63, 3.8) is 0 Å². The lowest BCUT2D eigenvalue weighted by molar-refractivity contribution is 0.672. The first-order chi connectivity index (χ1) is 9.24. The van der Waals surface area contributed by atoms with Crippen molar-refractivity contribution >= 4 is 5.69 Å². The van der Waals surface area contributed by atoms with Gasteiger partial charge in [0.1, 0.15) is 5.82 Å². The van der Waals surface area contributed by atoms with Crippen LogP contribution < -0.4 is 4.90 Å². The maximum Gasteiger partial charge on any atom is 0.181 e. The van der Waals surface area contributed by atoms with Crippen LogP contribution in [0.5, 0.6) is 0 Å². The first-order valence-electron chi connectivity index (χ1n) is 6.94. The van der Waals surface area contributed by atoms with Gasteiger partial charge in [-0.15, -0.1) is 0 Å². The van der Waals surface area contributed by atoms with E-state index in [0.717, 1.165) is 17.2 Å². The molecule has 0 spiro atoms. The molecule has 4 heteroatoms. The molecule has 100 valence electrons. The van der Waals surface area contributed by atoms with Gasteiger partial charge in [0, 0.05) is 31.3 Å². The Labute approximate surface area is 113 Å². The topological polar surface area (TPSA) is 44.8 Å². The third-order valence-electron chi connectivity index (χ3n) is 3.87. The van der Waals surface area contributed by atoms with Crippen molar-refractivity contribution in [3.8, 4) is 11.4 Å². The number of anilines is 1. The van der Waals surface area contributed by atoms with E-state index in [1.54, 1.807) is 0 Å². The van der Waals surface area contributed by atoms with Crippen LogP contribution in [0.25, 0.3) is 11.4 Å². The SMILES string of the molecule is CN(C)c1cccc(-c2n[nH]c(C3CCCC3)n2)c1. The summed E-state index contributed by atoms with van der Waals surface area (Å²) >= 11 is 0. The average molecular weight is 256 g/mol. The van der Waals surface area contributed by atoms with Crippen LogP contribution in [-0.2, 0) is 0 Å². The largest absolute Gasteiger partial charge is 0.378 e. The number of rotatable bonds is 3. The van der Waals surface area contributed by atoms with E-state index in [1.807, 2.05) is 14.1 Å². The molecule has 0 bridgehead atoms. The molecule has 2 aromatic rings. The minimum atomic E-state index is 0.582. The second kappa shape index (κ2) is 5.03. The molecule has 1 aromatic heterocycles. The molecule has 19 heavy (non-hydrogen) atoms. The van der Waals surface area contributed by atoms with E-state index < -0.39 is 0 Å². The van der Waals surface area contributed by atoms with E-state index in [0.29, 0.717) is 5.92 Å². The van der Waals surface area contributed by atoms with Gasteiger partial charge in [0.2, 0.25) is 0 Å². The first kappa shape index (κ1) is 12.2. The molecule has 0 amide bonds. The lowest BCUT2D eigenvalue weighted by Crippen LogP contribution is -2.08. The van der Waals surface area contributed by atoms with Crippen molar-refractivity contribution in [1.29, 1.82) is 0 Å². The van der Waals surface area contributed by atoms with Crippen molar-refractivity contribution in [2.24, 2.45) is 0 Å². The van der Waals surface area contributed by atoms with Crippen molar-refractivity contribution < 1.29 is 0 Å². The third kappa shape index (κ3) is 2.48. The Balaban J connectivity index is 1.87. The van der Waals surface area contributed by atoms with Crippen molar-refractivity contribution in [2.45, 2.75) is 31.6 Å². The van der Waals surface area contributed by atoms with E-state index in [9.17, 15) is 0 Å². The smallest absolute Gasteiger partial charge is 0.181 e. The fourth-order valence-corrected chi connectivity index (χ4v) is 2.71. The van der Waals surface area contributed by atoms with Crippen molar-refractivity contribution in [3.05, 3.63) is 30.1 Å². The number of nitrogens with zero attached hydrogens (tertiary/aromatic N) is 3. The molecular formula is C15H20N4. The number of hydrogen-bond donors (Lipinski definition) is 1. The van der Waals surface area contributed by atoms with Crippen LogP contribution in [0.3, 0.4) is 0 Å². The lowest BCUT2D eigenvalue weighted by Gasteiger charge is -2.12. The highest BCUT2D eigenvalue weighted by Crippen LogP contribution is 2.32. The monoisotopic (exact) mass is 256 g/mol. The Hall–Kier alpha value is -1.84. The van der Waals surface area contributed by atoms with Crippen molar-refractivity contribution in [1.82, 2.24) is 15.2 Å². The molecule has 1 aromatic carbocycles. The summed E-state index contributed by atoms with van der Waals surface area (Å²) in [5, 5.41) is 7.50. The van der Waals surface area contributed by atoms with Crippen LogP contribution in [0, 0.1) is 0 Å². The Kier molecular flexibility index (Phi) is 3.23. The molecule has 0 radical (unpaired) electrons. The fraction of sp³-hybridized carbons (Fsp3) is 0.467. The number of nitrogens with one attached hydrogen (secondary N) is 1. The van der Waals surface area contributed by atoms with E-state index in [-0.39, 0.29) is 0 Å².